The number of carbonyl (C=O) groups is 1. The van der Waals surface area contributed by atoms with Gasteiger partial charge in [0, 0.05) is 40.0 Å². The SMILES string of the molecule is Cc1cc(C)cc(C(=O)OC2CCN(C(=NC#N)N(C)C)CC2)c1. The maximum Gasteiger partial charge on any atom is 0.338 e. The lowest BCUT2D eigenvalue weighted by atomic mass is 10.1. The molecule has 1 fully saturated rings. The van der Waals surface area contributed by atoms with Crippen molar-refractivity contribution in [3.63, 3.8) is 0 Å². The lowest BCUT2D eigenvalue weighted by molar-refractivity contribution is 0.0165. The first kappa shape index (κ1) is 17.8. The van der Waals surface area contributed by atoms with Crippen LogP contribution >= 0.6 is 0 Å². The summed E-state index contributed by atoms with van der Waals surface area (Å²) in [6, 6.07) is 5.74. The van der Waals surface area contributed by atoms with E-state index in [0.29, 0.717) is 24.6 Å². The van der Waals surface area contributed by atoms with E-state index in [1.54, 1.807) is 0 Å². The molecule has 1 saturated heterocycles. The molecule has 0 N–H and O–H groups in total. The molecule has 0 atom stereocenters. The van der Waals surface area contributed by atoms with Crippen molar-refractivity contribution in [2.24, 2.45) is 4.99 Å². The van der Waals surface area contributed by atoms with Gasteiger partial charge in [-0.2, -0.15) is 5.26 Å². The second-order valence-electron chi connectivity index (χ2n) is 6.37. The summed E-state index contributed by atoms with van der Waals surface area (Å²) in [5, 5.41) is 8.80. The van der Waals surface area contributed by atoms with Crippen molar-refractivity contribution in [3.05, 3.63) is 34.9 Å². The first-order chi connectivity index (χ1) is 11.4. The van der Waals surface area contributed by atoms with Gasteiger partial charge in [-0.1, -0.05) is 17.2 Å². The Bertz CT molecular complexity index is 648. The summed E-state index contributed by atoms with van der Waals surface area (Å²) in [6.45, 7) is 5.37. The molecular formula is C18H24N4O2. The molecule has 1 heterocycles. The number of benzene rings is 1. The van der Waals surface area contributed by atoms with E-state index in [0.717, 1.165) is 24.0 Å². The molecule has 0 bridgehead atoms. The number of rotatable bonds is 2. The number of hydrogen-bond acceptors (Lipinski definition) is 4. The topological polar surface area (TPSA) is 68.9 Å². The van der Waals surface area contributed by atoms with Crippen molar-refractivity contribution in [2.45, 2.75) is 32.8 Å². The van der Waals surface area contributed by atoms with Crippen LogP contribution in [0.1, 0.15) is 34.3 Å². The Morgan fingerprint density at radius 1 is 1.25 bits per heavy atom. The van der Waals surface area contributed by atoms with Crippen molar-refractivity contribution in [3.8, 4) is 6.19 Å². The van der Waals surface area contributed by atoms with Crippen LogP contribution in [0.25, 0.3) is 0 Å². The lowest BCUT2D eigenvalue weighted by Crippen LogP contribution is -2.46. The Morgan fingerprint density at radius 2 is 1.83 bits per heavy atom. The Balaban J connectivity index is 1.94. The third kappa shape index (κ3) is 4.48. The highest BCUT2D eigenvalue weighted by Crippen LogP contribution is 2.18. The number of nitrogens with zero attached hydrogens (tertiary/aromatic N) is 4. The molecule has 0 radical (unpaired) electrons. The predicted molar refractivity (Wildman–Crippen MR) is 92.7 cm³/mol. The fourth-order valence-electron chi connectivity index (χ4n) is 2.98. The molecule has 1 aliphatic heterocycles. The Hall–Kier alpha value is -2.55. The minimum atomic E-state index is -0.265. The monoisotopic (exact) mass is 328 g/mol. The van der Waals surface area contributed by atoms with Gasteiger partial charge in [-0.05, 0) is 26.0 Å². The number of likely N-dealkylation sites (tertiary alicyclic amines) is 1. The van der Waals surface area contributed by atoms with E-state index in [1.807, 2.05) is 62.1 Å². The molecule has 0 saturated carbocycles. The van der Waals surface area contributed by atoms with E-state index in [4.69, 9.17) is 10.00 Å². The number of piperidine rings is 1. The van der Waals surface area contributed by atoms with Gasteiger partial charge in [-0.25, -0.2) is 4.79 Å². The second kappa shape index (κ2) is 7.82. The number of aryl methyl sites for hydroxylation is 2. The van der Waals surface area contributed by atoms with Gasteiger partial charge in [-0.3, -0.25) is 0 Å². The highest BCUT2D eigenvalue weighted by Gasteiger charge is 2.25. The van der Waals surface area contributed by atoms with Gasteiger partial charge in [0.15, 0.2) is 0 Å². The van der Waals surface area contributed by atoms with E-state index in [-0.39, 0.29) is 12.1 Å². The number of aliphatic imine (C=N–C) groups is 1. The number of hydrogen-bond donors (Lipinski definition) is 0. The van der Waals surface area contributed by atoms with Crippen LogP contribution in [0.4, 0.5) is 0 Å². The third-order valence-corrected chi connectivity index (χ3v) is 4.01. The van der Waals surface area contributed by atoms with E-state index < -0.39 is 0 Å². The molecule has 0 aliphatic carbocycles. The normalized spacial score (nSPS) is 15.8. The molecule has 1 aliphatic rings. The van der Waals surface area contributed by atoms with E-state index in [2.05, 4.69) is 4.99 Å². The minimum absolute atomic E-state index is 0.0972. The quantitative estimate of drug-likeness (QED) is 0.361. The fraction of sp³-hybridized carbons (Fsp3) is 0.500. The molecule has 0 aromatic heterocycles. The highest BCUT2D eigenvalue weighted by atomic mass is 16.5. The van der Waals surface area contributed by atoms with Crippen LogP contribution in [0.2, 0.25) is 0 Å². The summed E-state index contributed by atoms with van der Waals surface area (Å²) in [7, 11) is 3.73. The van der Waals surface area contributed by atoms with Gasteiger partial charge in [0.05, 0.1) is 5.56 Å². The van der Waals surface area contributed by atoms with Crippen LogP contribution in [-0.2, 0) is 4.74 Å². The molecule has 2 rings (SSSR count). The highest BCUT2D eigenvalue weighted by molar-refractivity contribution is 5.90. The Kier molecular flexibility index (Phi) is 5.80. The zero-order valence-electron chi connectivity index (χ0n) is 14.7. The van der Waals surface area contributed by atoms with Crippen LogP contribution in [0.5, 0.6) is 0 Å². The number of esters is 1. The summed E-state index contributed by atoms with van der Waals surface area (Å²) >= 11 is 0. The summed E-state index contributed by atoms with van der Waals surface area (Å²) in [5.74, 6) is 0.385. The first-order valence-electron chi connectivity index (χ1n) is 8.09. The summed E-state index contributed by atoms with van der Waals surface area (Å²) in [4.78, 5) is 20.1. The van der Waals surface area contributed by atoms with Crippen LogP contribution in [-0.4, -0.2) is 55.0 Å². The Labute approximate surface area is 143 Å². The molecule has 1 aromatic carbocycles. The lowest BCUT2D eigenvalue weighted by Gasteiger charge is -2.35. The molecular weight excluding hydrogens is 304 g/mol. The molecule has 1 aromatic rings. The van der Waals surface area contributed by atoms with Crippen LogP contribution in [0.15, 0.2) is 23.2 Å². The van der Waals surface area contributed by atoms with E-state index in [1.165, 1.54) is 0 Å². The van der Waals surface area contributed by atoms with Gasteiger partial charge >= 0.3 is 5.97 Å². The molecule has 128 valence electrons. The number of ether oxygens (including phenoxy) is 1. The zero-order valence-corrected chi connectivity index (χ0v) is 14.7. The van der Waals surface area contributed by atoms with Gasteiger partial charge in [0.25, 0.3) is 0 Å². The molecule has 0 spiro atoms. The van der Waals surface area contributed by atoms with Crippen LogP contribution in [0.3, 0.4) is 0 Å². The Morgan fingerprint density at radius 3 is 2.33 bits per heavy atom. The predicted octanol–water partition coefficient (Wildman–Crippen LogP) is 2.32. The van der Waals surface area contributed by atoms with Crippen molar-refractivity contribution in [1.82, 2.24) is 9.80 Å². The van der Waals surface area contributed by atoms with Gasteiger partial charge in [-0.15, -0.1) is 4.99 Å². The molecule has 24 heavy (non-hydrogen) atoms. The largest absolute Gasteiger partial charge is 0.459 e. The third-order valence-electron chi connectivity index (χ3n) is 4.01. The standard InChI is InChI=1S/C18H24N4O2/c1-13-9-14(2)11-15(10-13)17(23)24-16-5-7-22(8-6-16)18(20-12-19)21(3)4/h9-11,16H,5-8H2,1-4H3. The van der Waals surface area contributed by atoms with Crippen LogP contribution < -0.4 is 0 Å². The van der Waals surface area contributed by atoms with Gasteiger partial charge < -0.3 is 14.5 Å². The molecule has 0 unspecified atom stereocenters. The van der Waals surface area contributed by atoms with E-state index >= 15 is 0 Å². The van der Waals surface area contributed by atoms with Crippen LogP contribution in [0, 0.1) is 25.3 Å². The van der Waals surface area contributed by atoms with Gasteiger partial charge in [0.2, 0.25) is 12.2 Å². The van der Waals surface area contributed by atoms with Gasteiger partial charge in [0.1, 0.15) is 6.10 Å². The molecule has 6 heteroatoms. The van der Waals surface area contributed by atoms with Crippen molar-refractivity contribution in [2.75, 3.05) is 27.2 Å². The number of guanidine groups is 1. The summed E-state index contributed by atoms with van der Waals surface area (Å²) < 4.78 is 5.65. The second-order valence-corrected chi connectivity index (χ2v) is 6.37. The summed E-state index contributed by atoms with van der Waals surface area (Å²) in [6.07, 6.45) is 3.21. The van der Waals surface area contributed by atoms with E-state index in [9.17, 15) is 4.79 Å². The first-order valence-corrected chi connectivity index (χ1v) is 8.09. The van der Waals surface area contributed by atoms with Crippen molar-refractivity contribution < 1.29 is 9.53 Å². The average Bonchev–Trinajstić information content (AvgIpc) is 2.52. The smallest absolute Gasteiger partial charge is 0.338 e. The number of nitriles is 1. The fourth-order valence-corrected chi connectivity index (χ4v) is 2.98. The maximum absolute atomic E-state index is 12.3. The maximum atomic E-state index is 12.3. The van der Waals surface area contributed by atoms with Crippen molar-refractivity contribution in [1.29, 1.82) is 5.26 Å². The minimum Gasteiger partial charge on any atom is -0.459 e. The molecule has 0 amide bonds. The average molecular weight is 328 g/mol. The number of carbonyl (C=O) groups excluding carboxylic acids is 1. The summed E-state index contributed by atoms with van der Waals surface area (Å²) in [5.41, 5.74) is 2.72. The van der Waals surface area contributed by atoms with Crippen molar-refractivity contribution >= 4 is 11.9 Å². The zero-order chi connectivity index (χ0) is 17.7. The molecule has 6 nitrogen and oxygen atoms in total.